The maximum Gasteiger partial charge on any atom is 0.371 e. The second-order valence-electron chi connectivity index (χ2n) is 3.29. The highest BCUT2D eigenvalue weighted by Gasteiger charge is 2.09. The molecule has 0 unspecified atom stereocenters. The van der Waals surface area contributed by atoms with Crippen LogP contribution in [0.3, 0.4) is 0 Å². The number of fused-ring (bicyclic) bond motifs is 1. The Bertz CT molecular complexity index is 595. The maximum absolute atomic E-state index is 11.4. The van der Waals surface area contributed by atoms with Gasteiger partial charge in [0.1, 0.15) is 0 Å². The molecular weight excluding hydrogens is 196 g/mol. The lowest BCUT2D eigenvalue weighted by Gasteiger charge is -1.99. The van der Waals surface area contributed by atoms with Crippen LogP contribution in [-0.4, -0.2) is 11.1 Å². The van der Waals surface area contributed by atoms with Gasteiger partial charge in [-0.3, -0.25) is 0 Å². The van der Waals surface area contributed by atoms with Crippen LogP contribution in [0.2, 0.25) is 0 Å². The van der Waals surface area contributed by atoms with Gasteiger partial charge in [-0.2, -0.15) is 0 Å². The topological polar surface area (TPSA) is 67.5 Å². The number of aryl methyl sites for hydroxylation is 1. The molecule has 2 rings (SSSR count). The fraction of sp³-hybridized carbons (Fsp3) is 0.0909. The van der Waals surface area contributed by atoms with Gasteiger partial charge in [0.25, 0.3) is 0 Å². The van der Waals surface area contributed by atoms with Gasteiger partial charge in [-0.15, -0.1) is 0 Å². The number of carboxylic acids is 1. The van der Waals surface area contributed by atoms with Crippen molar-refractivity contribution in [1.82, 2.24) is 0 Å². The van der Waals surface area contributed by atoms with Crippen molar-refractivity contribution in [3.8, 4) is 0 Å². The summed E-state index contributed by atoms with van der Waals surface area (Å²) in [4.78, 5) is 22.0. The number of carbonyl (C=O) groups is 1. The molecule has 4 nitrogen and oxygen atoms in total. The lowest BCUT2D eigenvalue weighted by molar-refractivity contribution is 0.0658. The van der Waals surface area contributed by atoms with Gasteiger partial charge in [-0.25, -0.2) is 9.59 Å². The van der Waals surface area contributed by atoms with E-state index in [1.54, 1.807) is 18.2 Å². The van der Waals surface area contributed by atoms with E-state index in [4.69, 9.17) is 5.11 Å². The average molecular weight is 204 g/mol. The summed E-state index contributed by atoms with van der Waals surface area (Å²) in [5.41, 5.74) is 0.342. The van der Waals surface area contributed by atoms with Crippen molar-refractivity contribution in [2.45, 2.75) is 6.92 Å². The number of carboxylic acid groups (broad SMARTS) is 1. The fourth-order valence-electron chi connectivity index (χ4n) is 1.42. The third-order valence-corrected chi connectivity index (χ3v) is 2.13. The van der Waals surface area contributed by atoms with Gasteiger partial charge in [0, 0.05) is 0 Å². The molecule has 0 aliphatic carbocycles. The summed E-state index contributed by atoms with van der Waals surface area (Å²) < 4.78 is 4.64. The quantitative estimate of drug-likeness (QED) is 0.769. The van der Waals surface area contributed by atoms with Crippen LogP contribution < -0.4 is 5.63 Å². The van der Waals surface area contributed by atoms with E-state index < -0.39 is 11.6 Å². The second-order valence-corrected chi connectivity index (χ2v) is 3.29. The zero-order valence-electron chi connectivity index (χ0n) is 7.98. The van der Waals surface area contributed by atoms with Gasteiger partial charge in [0.2, 0.25) is 5.76 Å². The molecule has 1 aromatic heterocycles. The minimum absolute atomic E-state index is 0.335. The highest BCUT2D eigenvalue weighted by atomic mass is 16.4. The Kier molecular flexibility index (Phi) is 2.04. The van der Waals surface area contributed by atoms with Crippen molar-refractivity contribution in [2.24, 2.45) is 0 Å². The number of hydrogen-bond donors (Lipinski definition) is 1. The van der Waals surface area contributed by atoms with E-state index in [0.29, 0.717) is 10.8 Å². The Labute approximate surface area is 84.8 Å². The number of aromatic carboxylic acids is 1. The molecule has 76 valence electrons. The summed E-state index contributed by atoms with van der Waals surface area (Å²) in [5, 5.41) is 9.69. The Morgan fingerprint density at radius 1 is 1.33 bits per heavy atom. The fourth-order valence-corrected chi connectivity index (χ4v) is 1.42. The molecule has 0 aliphatic rings. The normalized spacial score (nSPS) is 10.5. The van der Waals surface area contributed by atoms with Gasteiger partial charge in [-0.1, -0.05) is 17.7 Å². The number of benzene rings is 1. The van der Waals surface area contributed by atoms with Crippen LogP contribution >= 0.6 is 0 Å². The molecule has 0 fully saturated rings. The van der Waals surface area contributed by atoms with Crippen LogP contribution in [0.1, 0.15) is 16.1 Å². The molecule has 0 aliphatic heterocycles. The summed E-state index contributed by atoms with van der Waals surface area (Å²) in [7, 11) is 0. The summed E-state index contributed by atoms with van der Waals surface area (Å²) in [6, 6.07) is 6.51. The van der Waals surface area contributed by atoms with Crippen LogP contribution in [0.5, 0.6) is 0 Å². The molecule has 0 spiro atoms. The maximum atomic E-state index is 11.4. The Balaban J connectivity index is 2.85. The molecule has 15 heavy (non-hydrogen) atoms. The molecule has 4 heteroatoms. The SMILES string of the molecule is Cc1ccc2c(=O)oc(C(=O)O)cc2c1. The third kappa shape index (κ3) is 1.61. The smallest absolute Gasteiger partial charge is 0.371 e. The van der Waals surface area contributed by atoms with Gasteiger partial charge < -0.3 is 9.52 Å². The van der Waals surface area contributed by atoms with Crippen LogP contribution in [0.25, 0.3) is 10.8 Å². The molecule has 2 aromatic rings. The Hall–Kier alpha value is -2.10. The predicted molar refractivity (Wildman–Crippen MR) is 54.2 cm³/mol. The molecular formula is C11H8O4. The van der Waals surface area contributed by atoms with Crippen LogP contribution in [0, 0.1) is 6.92 Å². The largest absolute Gasteiger partial charge is 0.475 e. The minimum Gasteiger partial charge on any atom is -0.475 e. The average Bonchev–Trinajstić information content (AvgIpc) is 2.16. The highest BCUT2D eigenvalue weighted by molar-refractivity contribution is 5.90. The van der Waals surface area contributed by atoms with Gasteiger partial charge >= 0.3 is 11.6 Å². The molecule has 0 saturated heterocycles. The van der Waals surface area contributed by atoms with E-state index in [1.165, 1.54) is 6.07 Å². The van der Waals surface area contributed by atoms with Gasteiger partial charge in [0.15, 0.2) is 0 Å². The molecule has 1 N–H and O–H groups in total. The molecule has 0 atom stereocenters. The van der Waals surface area contributed by atoms with Crippen molar-refractivity contribution in [2.75, 3.05) is 0 Å². The molecule has 1 heterocycles. The summed E-state index contributed by atoms with van der Waals surface area (Å²) >= 11 is 0. The Morgan fingerprint density at radius 2 is 2.07 bits per heavy atom. The summed E-state index contributed by atoms with van der Waals surface area (Å²) in [6.45, 7) is 1.87. The Morgan fingerprint density at radius 3 is 2.73 bits per heavy atom. The van der Waals surface area contributed by atoms with E-state index in [9.17, 15) is 9.59 Å². The number of rotatable bonds is 1. The monoisotopic (exact) mass is 204 g/mol. The van der Waals surface area contributed by atoms with Crippen LogP contribution in [0.4, 0.5) is 0 Å². The van der Waals surface area contributed by atoms with E-state index >= 15 is 0 Å². The summed E-state index contributed by atoms with van der Waals surface area (Å²) in [5.74, 6) is -1.58. The first-order valence-corrected chi connectivity index (χ1v) is 4.36. The molecule has 0 bridgehead atoms. The van der Waals surface area contributed by atoms with E-state index in [0.717, 1.165) is 5.56 Å². The van der Waals surface area contributed by atoms with Crippen LogP contribution in [0.15, 0.2) is 33.5 Å². The zero-order chi connectivity index (χ0) is 11.0. The third-order valence-electron chi connectivity index (χ3n) is 2.13. The van der Waals surface area contributed by atoms with E-state index in [2.05, 4.69) is 4.42 Å². The molecule has 0 radical (unpaired) electrons. The zero-order valence-corrected chi connectivity index (χ0v) is 7.98. The molecule has 0 saturated carbocycles. The van der Waals surface area contributed by atoms with E-state index in [-0.39, 0.29) is 5.76 Å². The summed E-state index contributed by atoms with van der Waals surface area (Å²) in [6.07, 6.45) is 0. The van der Waals surface area contributed by atoms with Crippen molar-refractivity contribution >= 4 is 16.7 Å². The van der Waals surface area contributed by atoms with Gasteiger partial charge in [-0.05, 0) is 24.4 Å². The second kappa shape index (κ2) is 3.24. The predicted octanol–water partition coefficient (Wildman–Crippen LogP) is 1.80. The highest BCUT2D eigenvalue weighted by Crippen LogP contribution is 2.14. The molecule has 0 amide bonds. The first-order chi connectivity index (χ1) is 7.08. The van der Waals surface area contributed by atoms with Crippen molar-refractivity contribution < 1.29 is 14.3 Å². The van der Waals surface area contributed by atoms with Gasteiger partial charge in [0.05, 0.1) is 5.39 Å². The minimum atomic E-state index is -1.24. The van der Waals surface area contributed by atoms with Crippen molar-refractivity contribution in [1.29, 1.82) is 0 Å². The lowest BCUT2D eigenvalue weighted by Crippen LogP contribution is -2.06. The standard InChI is InChI=1S/C11H8O4/c1-6-2-3-8-7(4-6)5-9(10(12)13)15-11(8)14/h2-5H,1H3,(H,12,13). The first kappa shape index (κ1) is 9.45. The van der Waals surface area contributed by atoms with Crippen molar-refractivity contribution in [3.63, 3.8) is 0 Å². The number of hydrogen-bond acceptors (Lipinski definition) is 3. The van der Waals surface area contributed by atoms with E-state index in [1.807, 2.05) is 6.92 Å². The van der Waals surface area contributed by atoms with Crippen molar-refractivity contribution in [3.05, 3.63) is 46.0 Å². The molecule has 1 aromatic carbocycles. The first-order valence-electron chi connectivity index (χ1n) is 4.36. The van der Waals surface area contributed by atoms with Crippen LogP contribution in [-0.2, 0) is 0 Å². The lowest BCUT2D eigenvalue weighted by atomic mass is 10.1.